The van der Waals surface area contributed by atoms with Crippen molar-refractivity contribution in [2.45, 2.75) is 19.6 Å². The first-order chi connectivity index (χ1) is 17.8. The van der Waals surface area contributed by atoms with Crippen LogP contribution in [0.1, 0.15) is 0 Å². The second-order valence-electron chi connectivity index (χ2n) is 7.80. The van der Waals surface area contributed by atoms with E-state index in [1.165, 1.54) is 0 Å². The minimum atomic E-state index is -5.31. The molecule has 0 amide bonds. The summed E-state index contributed by atoms with van der Waals surface area (Å²) in [5.74, 6) is -1.36. The van der Waals surface area contributed by atoms with Crippen LogP contribution in [0.25, 0.3) is 21.5 Å². The zero-order chi connectivity index (χ0) is 29.1. The first-order valence-corrected chi connectivity index (χ1v) is 15.6. The van der Waals surface area contributed by atoms with Gasteiger partial charge in [0.15, 0.2) is 0 Å². The van der Waals surface area contributed by atoms with Crippen molar-refractivity contribution in [3.8, 4) is 5.75 Å². The maximum Gasteiger partial charge on any atom is 1.00 e. The molecule has 4 aromatic rings. The van der Waals surface area contributed by atoms with Crippen LogP contribution in [0.3, 0.4) is 0 Å². The van der Waals surface area contributed by atoms with Crippen LogP contribution in [0.5, 0.6) is 5.75 Å². The van der Waals surface area contributed by atoms with Crippen molar-refractivity contribution in [1.29, 1.82) is 0 Å². The zero-order valence-electron chi connectivity index (χ0n) is 22.6. The summed E-state index contributed by atoms with van der Waals surface area (Å²) < 4.78 is 136. The van der Waals surface area contributed by atoms with Crippen LogP contribution in [-0.4, -0.2) is 51.9 Å². The Hall–Kier alpha value is 0.440. The molecule has 0 aliphatic carbocycles. The van der Waals surface area contributed by atoms with Crippen LogP contribution in [0.2, 0.25) is 0 Å². The summed E-state index contributed by atoms with van der Waals surface area (Å²) in [6.45, 7) is 0. The van der Waals surface area contributed by atoms with Gasteiger partial charge in [0.2, 0.25) is 0 Å². The molecule has 0 atom stereocenters. The largest absolute Gasteiger partial charge is 1.00 e. The van der Waals surface area contributed by atoms with Gasteiger partial charge in [0.05, 0.1) is 31.0 Å². The van der Waals surface area contributed by atoms with E-state index in [0.29, 0.717) is 12.1 Å². The molecule has 0 fully saturated rings. The Morgan fingerprint density at radius 3 is 1.63 bits per heavy atom. The fourth-order valence-corrected chi connectivity index (χ4v) is 6.01. The third-order valence-electron chi connectivity index (χ3n) is 5.27. The van der Waals surface area contributed by atoms with Gasteiger partial charge < -0.3 is 18.8 Å². The average Bonchev–Trinajstić information content (AvgIpc) is 2.79. The minimum absolute atomic E-state index is 0. The van der Waals surface area contributed by atoms with E-state index in [4.69, 9.17) is 0 Å². The standard InChI is InChI=1S/C20H14N2O13S4.4Na/c23-20-18(39(33,34)35)7-11-6-13(36(24,25)26)3-4-15(11)19(20)22-21-12-2-1-10-5-14(37(27,28)29)9-17(16(10)8-12)38(30,31)32;;;;/h1-9,23H,(H,24,25,26)(H,27,28,29)(H,30,31,32)(H,33,34,35);;;;/q;4*+1/p-4. The van der Waals surface area contributed by atoms with E-state index < -0.39 is 71.5 Å². The van der Waals surface area contributed by atoms with Crippen LogP contribution in [0, 0.1) is 0 Å². The summed E-state index contributed by atoms with van der Waals surface area (Å²) in [5, 5.41) is 19.2. The Balaban J connectivity index is 0.00000441. The van der Waals surface area contributed by atoms with Gasteiger partial charge in [-0.2, -0.15) is 18.6 Å². The molecule has 15 nitrogen and oxygen atoms in total. The third-order valence-corrected chi connectivity index (χ3v) is 8.65. The monoisotopic (exact) mass is 706 g/mol. The predicted octanol–water partition coefficient (Wildman–Crippen LogP) is -10.5. The van der Waals surface area contributed by atoms with Gasteiger partial charge in [-0.3, -0.25) is 4.55 Å². The maximum absolute atomic E-state index is 12.8. The molecule has 4 aromatic carbocycles. The van der Waals surface area contributed by atoms with Crippen LogP contribution in [0.4, 0.5) is 11.4 Å². The minimum Gasteiger partial charge on any atom is -0.870 e. The Kier molecular flexibility index (Phi) is 15.7. The van der Waals surface area contributed by atoms with Crippen LogP contribution >= 0.6 is 0 Å². The van der Waals surface area contributed by atoms with Crippen molar-refractivity contribution in [2.24, 2.45) is 10.2 Å². The number of hydrogen-bond donors (Lipinski definition) is 1. The smallest absolute Gasteiger partial charge is 0.870 e. The quantitative estimate of drug-likeness (QED) is 0.111. The first-order valence-electron chi connectivity index (χ1n) is 9.89. The molecule has 0 saturated heterocycles. The normalized spacial score (nSPS) is 12.2. The van der Waals surface area contributed by atoms with Gasteiger partial charge in [-0.1, -0.05) is 17.9 Å². The van der Waals surface area contributed by atoms with E-state index in [1.807, 2.05) is 0 Å². The summed E-state index contributed by atoms with van der Waals surface area (Å²) >= 11 is 0. The molecule has 1 N–H and O–H groups in total. The Labute approximate surface area is 333 Å². The van der Waals surface area contributed by atoms with Crippen molar-refractivity contribution < 1.29 is 175 Å². The molecule has 0 aromatic heterocycles. The second-order valence-corrected chi connectivity index (χ2v) is 13.3. The predicted molar refractivity (Wildman–Crippen MR) is 125 cm³/mol. The van der Waals surface area contributed by atoms with Gasteiger partial charge >= 0.3 is 118 Å². The van der Waals surface area contributed by atoms with Crippen molar-refractivity contribution in [3.05, 3.63) is 54.6 Å². The first kappa shape index (κ1) is 43.4. The number of benzene rings is 4. The molecule has 0 aliphatic heterocycles. The maximum atomic E-state index is 12.8. The summed E-state index contributed by atoms with van der Waals surface area (Å²) in [6.07, 6.45) is 0. The van der Waals surface area contributed by atoms with Crippen LogP contribution in [-0.2, 0) is 40.5 Å². The summed E-state index contributed by atoms with van der Waals surface area (Å²) in [5.41, 5.74) is -0.965. The Morgan fingerprint density at radius 1 is 0.558 bits per heavy atom. The van der Waals surface area contributed by atoms with Gasteiger partial charge in [0.25, 0.3) is 10.1 Å². The molecule has 0 bridgehead atoms. The van der Waals surface area contributed by atoms with Crippen molar-refractivity contribution in [1.82, 2.24) is 0 Å². The van der Waals surface area contributed by atoms with Crippen LogP contribution in [0.15, 0.2) is 84.4 Å². The SMILES string of the molecule is O=S(=O)([O-])c1cc(S(=O)(=O)[O-])c2cc(N=Nc3c([O-])c(S(=O)(=O)O)cc4cc(S(=O)(=O)[O-])ccc34)ccc2c1.[Na+].[Na+].[Na+].[Na+]. The summed E-state index contributed by atoms with van der Waals surface area (Å²) in [6, 6.07) is 7.50. The van der Waals surface area contributed by atoms with Crippen molar-refractivity contribution in [2.75, 3.05) is 0 Å². The van der Waals surface area contributed by atoms with Gasteiger partial charge in [-0.15, -0.1) is 0 Å². The molecular formula is C20H10N2Na4O13S4. The number of fused-ring (bicyclic) bond motifs is 2. The number of rotatable bonds is 6. The van der Waals surface area contributed by atoms with Gasteiger partial charge in [0, 0.05) is 10.8 Å². The number of nitrogens with zero attached hydrogens (tertiary/aromatic N) is 2. The Morgan fingerprint density at radius 2 is 1.12 bits per heavy atom. The van der Waals surface area contributed by atoms with Crippen molar-refractivity contribution >= 4 is 73.4 Å². The van der Waals surface area contributed by atoms with Gasteiger partial charge in [0.1, 0.15) is 30.4 Å². The average molecular weight is 707 g/mol. The summed E-state index contributed by atoms with van der Waals surface area (Å²) in [7, 11) is -20.6. The van der Waals surface area contributed by atoms with Crippen LogP contribution < -0.4 is 123 Å². The van der Waals surface area contributed by atoms with E-state index in [0.717, 1.165) is 42.5 Å². The zero-order valence-corrected chi connectivity index (χ0v) is 33.8. The van der Waals surface area contributed by atoms with Crippen molar-refractivity contribution in [3.63, 3.8) is 0 Å². The van der Waals surface area contributed by atoms with E-state index in [9.17, 15) is 57.0 Å². The molecule has 0 heterocycles. The molecule has 0 spiro atoms. The van der Waals surface area contributed by atoms with Gasteiger partial charge in [-0.05, 0) is 53.2 Å². The Bertz CT molecular complexity index is 2190. The molecule has 0 saturated carbocycles. The topological polar surface area (TPSA) is 274 Å². The molecule has 0 unspecified atom stereocenters. The molecule has 43 heavy (non-hydrogen) atoms. The molecule has 0 aliphatic rings. The summed E-state index contributed by atoms with van der Waals surface area (Å²) in [4.78, 5) is -4.05. The van der Waals surface area contributed by atoms with Gasteiger partial charge in [-0.25, -0.2) is 25.3 Å². The molecule has 206 valence electrons. The second kappa shape index (κ2) is 15.6. The third kappa shape index (κ3) is 9.97. The van der Waals surface area contributed by atoms with E-state index in [2.05, 4.69) is 10.2 Å². The number of hydrogen-bond acceptors (Lipinski definition) is 14. The molecule has 4 rings (SSSR count). The molecule has 23 heteroatoms. The van der Waals surface area contributed by atoms with E-state index in [-0.39, 0.29) is 145 Å². The molecule has 0 radical (unpaired) electrons. The fraction of sp³-hybridized carbons (Fsp3) is 0. The van der Waals surface area contributed by atoms with E-state index in [1.54, 1.807) is 0 Å². The molecular weight excluding hydrogens is 696 g/mol. The fourth-order valence-electron chi connectivity index (χ4n) is 3.57. The number of azo groups is 1. The van der Waals surface area contributed by atoms with E-state index >= 15 is 0 Å².